The Labute approximate surface area is 180 Å². The van der Waals surface area contributed by atoms with Crippen molar-refractivity contribution in [3.05, 3.63) is 95.6 Å². The van der Waals surface area contributed by atoms with Crippen LogP contribution in [-0.4, -0.2) is 24.4 Å². The predicted octanol–water partition coefficient (Wildman–Crippen LogP) is 3.62. The maximum atomic E-state index is 12.6. The highest BCUT2D eigenvalue weighted by molar-refractivity contribution is 6.10. The third-order valence-corrected chi connectivity index (χ3v) is 5.53. The van der Waals surface area contributed by atoms with E-state index in [-0.39, 0.29) is 12.5 Å². The number of rotatable bonds is 3. The van der Waals surface area contributed by atoms with E-state index >= 15 is 0 Å². The average molecular weight is 411 g/mol. The van der Waals surface area contributed by atoms with Gasteiger partial charge in [0, 0.05) is 5.69 Å². The van der Waals surface area contributed by atoms with Gasteiger partial charge in [0.15, 0.2) is 0 Å². The Morgan fingerprint density at radius 2 is 1.65 bits per heavy atom. The lowest BCUT2D eigenvalue weighted by Gasteiger charge is -2.28. The highest BCUT2D eigenvalue weighted by atomic mass is 16.5. The summed E-state index contributed by atoms with van der Waals surface area (Å²) < 4.78 is 5.23. The molecule has 0 radical (unpaired) electrons. The number of ether oxygens (including phenoxy) is 1. The second-order valence-electron chi connectivity index (χ2n) is 7.57. The molecule has 154 valence electrons. The number of anilines is 1. The number of carbonyl (C=O) groups is 2. The van der Waals surface area contributed by atoms with Crippen LogP contribution >= 0.6 is 0 Å². The Morgan fingerprint density at radius 1 is 0.935 bits per heavy atom. The van der Waals surface area contributed by atoms with E-state index in [0.717, 1.165) is 12.1 Å². The highest BCUT2D eigenvalue weighted by Gasteiger charge is 2.36. The minimum Gasteiger partial charge on any atom is -0.426 e. The molecule has 0 fully saturated rings. The lowest BCUT2D eigenvalue weighted by atomic mass is 9.97. The number of nitrogens with one attached hydrogen (secondary N) is 1. The molecule has 0 spiro atoms. The summed E-state index contributed by atoms with van der Waals surface area (Å²) in [6.07, 6.45) is 0.439. The van der Waals surface area contributed by atoms with E-state index in [0.29, 0.717) is 18.3 Å². The largest absolute Gasteiger partial charge is 0.426 e. The van der Waals surface area contributed by atoms with Gasteiger partial charge in [-0.2, -0.15) is 0 Å². The van der Waals surface area contributed by atoms with Crippen LogP contribution in [0.4, 0.5) is 5.69 Å². The number of carbonyl (C=O) groups excluding carboxylic acids is 2. The smallest absolute Gasteiger partial charge is 0.320 e. The van der Waals surface area contributed by atoms with E-state index in [9.17, 15) is 9.59 Å². The van der Waals surface area contributed by atoms with Crippen molar-refractivity contribution in [1.82, 2.24) is 5.32 Å². The molecule has 6 heteroatoms. The lowest BCUT2D eigenvalue weighted by Crippen LogP contribution is -2.43. The molecule has 3 aromatic carbocycles. The molecule has 5 rings (SSSR count). The van der Waals surface area contributed by atoms with Gasteiger partial charge in [0.1, 0.15) is 12.2 Å². The Morgan fingerprint density at radius 3 is 2.48 bits per heavy atom. The average Bonchev–Trinajstić information content (AvgIpc) is 3.11. The summed E-state index contributed by atoms with van der Waals surface area (Å²) in [7, 11) is 0. The first-order valence-electron chi connectivity index (χ1n) is 10.2. The number of esters is 1. The van der Waals surface area contributed by atoms with Gasteiger partial charge in [-0.1, -0.05) is 60.7 Å². The molecule has 2 heterocycles. The summed E-state index contributed by atoms with van der Waals surface area (Å²) in [6.45, 7) is 0.537. The summed E-state index contributed by atoms with van der Waals surface area (Å²) in [5, 5.41) is 2.83. The van der Waals surface area contributed by atoms with Gasteiger partial charge in [-0.3, -0.25) is 14.9 Å². The number of benzene rings is 3. The number of amides is 1. The molecule has 3 aromatic rings. The summed E-state index contributed by atoms with van der Waals surface area (Å²) >= 11 is 0. The van der Waals surface area contributed by atoms with Crippen LogP contribution in [0.5, 0.6) is 5.75 Å². The minimum absolute atomic E-state index is 0.00594. The van der Waals surface area contributed by atoms with Crippen molar-refractivity contribution >= 4 is 23.5 Å². The van der Waals surface area contributed by atoms with Gasteiger partial charge in [-0.05, 0) is 41.3 Å². The lowest BCUT2D eigenvalue weighted by molar-refractivity contribution is -0.138. The molecular weight excluding hydrogens is 390 g/mol. The number of para-hydroxylation sites is 2. The van der Waals surface area contributed by atoms with Crippen molar-refractivity contribution < 1.29 is 14.3 Å². The second-order valence-corrected chi connectivity index (χ2v) is 7.57. The minimum atomic E-state index is -0.611. The Kier molecular flexibility index (Phi) is 4.96. The zero-order chi connectivity index (χ0) is 21.2. The van der Waals surface area contributed by atoms with Crippen molar-refractivity contribution in [3.63, 3.8) is 0 Å². The van der Waals surface area contributed by atoms with Gasteiger partial charge in [0.05, 0.1) is 12.6 Å². The standard InChI is InChI=1S/C25H21N3O3/c29-23(15-24(30)31-19-10-2-1-3-11-19)27-25-26-16-22-20-12-6-4-8-17(20)14-18-9-5-7-13-21(18)28(22)25/h1-13,22H,14-16H2,(H,26,27,29). The van der Waals surface area contributed by atoms with Crippen LogP contribution in [0.3, 0.4) is 0 Å². The van der Waals surface area contributed by atoms with E-state index in [1.165, 1.54) is 16.7 Å². The fourth-order valence-electron chi connectivity index (χ4n) is 4.17. The molecule has 0 aromatic heterocycles. The second kappa shape index (κ2) is 8.07. The van der Waals surface area contributed by atoms with Crippen LogP contribution in [0, 0.1) is 0 Å². The summed E-state index contributed by atoms with van der Waals surface area (Å²) in [5.74, 6) is -0.181. The third-order valence-electron chi connectivity index (χ3n) is 5.53. The van der Waals surface area contributed by atoms with Gasteiger partial charge in [-0.25, -0.2) is 4.99 Å². The Hall–Kier alpha value is -3.93. The van der Waals surface area contributed by atoms with E-state index in [1.54, 1.807) is 24.3 Å². The molecular formula is C25H21N3O3. The van der Waals surface area contributed by atoms with Gasteiger partial charge >= 0.3 is 5.97 Å². The van der Waals surface area contributed by atoms with E-state index in [1.807, 2.05) is 36.4 Å². The summed E-state index contributed by atoms with van der Waals surface area (Å²) in [4.78, 5) is 31.4. The van der Waals surface area contributed by atoms with Gasteiger partial charge in [0.25, 0.3) is 0 Å². The van der Waals surface area contributed by atoms with E-state index in [2.05, 4.69) is 33.4 Å². The topological polar surface area (TPSA) is 71.0 Å². The van der Waals surface area contributed by atoms with Crippen LogP contribution < -0.4 is 15.0 Å². The van der Waals surface area contributed by atoms with E-state index < -0.39 is 11.9 Å². The molecule has 1 N–H and O–H groups in total. The quantitative estimate of drug-likeness (QED) is 0.406. The van der Waals surface area contributed by atoms with Crippen LogP contribution in [-0.2, 0) is 16.0 Å². The molecule has 1 atom stereocenters. The number of hydrogen-bond acceptors (Lipinski definition) is 5. The molecule has 1 unspecified atom stereocenters. The van der Waals surface area contributed by atoms with Crippen molar-refractivity contribution in [2.75, 3.05) is 11.4 Å². The van der Waals surface area contributed by atoms with Crippen LogP contribution in [0.2, 0.25) is 0 Å². The molecule has 2 aliphatic rings. The zero-order valence-electron chi connectivity index (χ0n) is 16.8. The summed E-state index contributed by atoms with van der Waals surface area (Å²) in [6, 6.07) is 25.2. The molecule has 0 aliphatic carbocycles. The first-order valence-corrected chi connectivity index (χ1v) is 10.2. The van der Waals surface area contributed by atoms with Crippen LogP contribution in [0.1, 0.15) is 29.2 Å². The Balaban J connectivity index is 1.36. The Bertz CT molecular complexity index is 1170. The first kappa shape index (κ1) is 19.1. The highest BCUT2D eigenvalue weighted by Crippen LogP contribution is 2.39. The van der Waals surface area contributed by atoms with Gasteiger partial charge in [-0.15, -0.1) is 0 Å². The molecule has 0 saturated carbocycles. The van der Waals surface area contributed by atoms with E-state index in [4.69, 9.17) is 4.74 Å². The van der Waals surface area contributed by atoms with Gasteiger partial charge < -0.3 is 9.64 Å². The molecule has 6 nitrogen and oxygen atoms in total. The number of nitrogens with zero attached hydrogens (tertiary/aromatic N) is 2. The third kappa shape index (κ3) is 3.80. The zero-order valence-corrected chi connectivity index (χ0v) is 16.8. The molecule has 0 saturated heterocycles. The monoisotopic (exact) mass is 411 g/mol. The number of aliphatic imine (C=N–C) groups is 1. The van der Waals surface area contributed by atoms with Crippen molar-refractivity contribution in [1.29, 1.82) is 0 Å². The SMILES string of the molecule is O=C(CC(=O)Oc1ccccc1)NC1=NCC2c3ccccc3Cc3ccccc3N12. The van der Waals surface area contributed by atoms with Crippen molar-refractivity contribution in [2.45, 2.75) is 18.9 Å². The fraction of sp³-hybridized carbons (Fsp3) is 0.160. The number of fused-ring (bicyclic) bond motifs is 5. The normalized spacial score (nSPS) is 16.3. The van der Waals surface area contributed by atoms with Crippen LogP contribution in [0.15, 0.2) is 83.9 Å². The fourth-order valence-corrected chi connectivity index (χ4v) is 4.17. The predicted molar refractivity (Wildman–Crippen MR) is 118 cm³/mol. The van der Waals surface area contributed by atoms with Gasteiger partial charge in [0.2, 0.25) is 11.9 Å². The maximum absolute atomic E-state index is 12.6. The van der Waals surface area contributed by atoms with Crippen molar-refractivity contribution in [3.8, 4) is 5.75 Å². The molecule has 0 bridgehead atoms. The first-order chi connectivity index (χ1) is 15.2. The maximum Gasteiger partial charge on any atom is 0.320 e. The number of guanidine groups is 1. The number of hydrogen-bond donors (Lipinski definition) is 1. The van der Waals surface area contributed by atoms with Crippen LogP contribution in [0.25, 0.3) is 0 Å². The molecule has 31 heavy (non-hydrogen) atoms. The summed E-state index contributed by atoms with van der Waals surface area (Å²) in [5.41, 5.74) is 4.66. The molecule has 2 aliphatic heterocycles. The van der Waals surface area contributed by atoms with Crippen molar-refractivity contribution in [2.24, 2.45) is 4.99 Å². The molecule has 1 amide bonds.